The molecule has 9 nitrogen and oxygen atoms in total. The van der Waals surface area contributed by atoms with Crippen molar-refractivity contribution in [1.82, 2.24) is 19.4 Å². The summed E-state index contributed by atoms with van der Waals surface area (Å²) < 4.78 is 56.4. The van der Waals surface area contributed by atoms with Gasteiger partial charge in [-0.15, -0.1) is 0 Å². The molecule has 0 spiro atoms. The number of methoxy groups -OCH3 is 1. The Morgan fingerprint density at radius 1 is 1.02 bits per heavy atom. The molecule has 2 amide bonds. The average molecular weight is 792 g/mol. The van der Waals surface area contributed by atoms with Crippen LogP contribution in [0, 0.1) is 6.92 Å². The van der Waals surface area contributed by atoms with Crippen LogP contribution in [0.5, 0.6) is 5.75 Å². The molecule has 2 aliphatic rings. The van der Waals surface area contributed by atoms with E-state index in [0.29, 0.717) is 58.4 Å². The monoisotopic (exact) mass is 791 g/mol. The molecule has 6 rings (SSSR count). The Morgan fingerprint density at radius 3 is 2.43 bits per heavy atom. The standard InChI is InChI=1S/C43H49ClF3N5O4/c1-26-12-8-9-20-51(26)24-30-22-33(43(45,46)47)29(23-37(30)55-7)18-17-28-13-10-14-31(27(28)2)32-15-11-16-34(38(32)44)49-40(53)39-48-35-25-52(21-19-36(35)50(39)6)41(54)56-42(3,4)5/h10-11,13-18,22-23,26H,8-9,12,19-21,24-25H2,1-7H3,(H,49,53)/b18-17+/t26-/m1/s1. The number of imidazole rings is 1. The molecule has 298 valence electrons. The molecule has 0 bridgehead atoms. The van der Waals surface area contributed by atoms with Gasteiger partial charge < -0.3 is 24.3 Å². The second-order valence-corrected chi connectivity index (χ2v) is 16.0. The van der Waals surface area contributed by atoms with Crippen molar-refractivity contribution in [3.8, 4) is 16.9 Å². The lowest BCUT2D eigenvalue weighted by Gasteiger charge is -2.33. The number of piperidine rings is 1. The third-order valence-electron chi connectivity index (χ3n) is 10.5. The third kappa shape index (κ3) is 8.92. The first kappa shape index (κ1) is 40.8. The minimum atomic E-state index is -4.57. The van der Waals surface area contributed by atoms with Gasteiger partial charge in [0.2, 0.25) is 0 Å². The third-order valence-corrected chi connectivity index (χ3v) is 10.9. The fourth-order valence-electron chi connectivity index (χ4n) is 7.48. The van der Waals surface area contributed by atoms with Crippen LogP contribution in [-0.2, 0) is 37.5 Å². The SMILES string of the molecule is COc1cc(/C=C/c2cccc(-c3cccc(NC(=O)c4nc5c(n4C)CCN(C(=O)OC(C)(C)C)C5)c3Cl)c2C)c(C(F)(F)F)cc1CN1CCCC[C@H]1C. The van der Waals surface area contributed by atoms with Crippen molar-refractivity contribution in [1.29, 1.82) is 0 Å². The van der Waals surface area contributed by atoms with E-state index in [9.17, 15) is 22.8 Å². The van der Waals surface area contributed by atoms with E-state index < -0.39 is 29.3 Å². The van der Waals surface area contributed by atoms with Gasteiger partial charge in [-0.3, -0.25) is 9.69 Å². The molecule has 0 aliphatic carbocycles. The number of amides is 2. The molecule has 0 radical (unpaired) electrons. The van der Waals surface area contributed by atoms with Crippen LogP contribution in [0.3, 0.4) is 0 Å². The molecule has 1 aromatic heterocycles. The molecule has 1 N–H and O–H groups in total. The van der Waals surface area contributed by atoms with Crippen molar-refractivity contribution in [3.63, 3.8) is 0 Å². The van der Waals surface area contributed by atoms with E-state index in [2.05, 4.69) is 22.1 Å². The zero-order valence-corrected chi connectivity index (χ0v) is 33.7. The summed E-state index contributed by atoms with van der Waals surface area (Å²) in [5.74, 6) is 0.125. The number of ether oxygens (including phenoxy) is 2. The maximum atomic E-state index is 14.5. The lowest BCUT2D eigenvalue weighted by Crippen LogP contribution is -2.40. The van der Waals surface area contributed by atoms with E-state index in [1.807, 2.05) is 52.0 Å². The first-order chi connectivity index (χ1) is 26.4. The second kappa shape index (κ2) is 16.3. The zero-order chi connectivity index (χ0) is 40.5. The fourth-order valence-corrected chi connectivity index (χ4v) is 7.76. The molecule has 4 aromatic rings. The van der Waals surface area contributed by atoms with Gasteiger partial charge in [0.05, 0.1) is 35.6 Å². The summed E-state index contributed by atoms with van der Waals surface area (Å²) in [4.78, 5) is 34.7. The number of carbonyl (C=O) groups excluding carboxylic acids is 2. The van der Waals surface area contributed by atoms with E-state index in [1.54, 1.807) is 34.7 Å². The smallest absolute Gasteiger partial charge is 0.417 e. The van der Waals surface area contributed by atoms with E-state index in [0.717, 1.165) is 42.6 Å². The number of anilines is 1. The largest absolute Gasteiger partial charge is 0.496 e. The van der Waals surface area contributed by atoms with Gasteiger partial charge in [0.1, 0.15) is 11.4 Å². The Morgan fingerprint density at radius 2 is 1.73 bits per heavy atom. The van der Waals surface area contributed by atoms with Crippen molar-refractivity contribution in [3.05, 3.63) is 98.6 Å². The normalized spacial score (nSPS) is 16.6. The molecule has 1 fully saturated rings. The highest BCUT2D eigenvalue weighted by molar-refractivity contribution is 6.36. The fraction of sp³-hybridized carbons (Fsp3) is 0.419. The van der Waals surface area contributed by atoms with Gasteiger partial charge in [-0.2, -0.15) is 13.2 Å². The number of likely N-dealkylation sites (tertiary alicyclic amines) is 1. The molecular formula is C43H49ClF3N5O4. The number of nitrogens with zero attached hydrogens (tertiary/aromatic N) is 4. The number of halogens is 4. The summed E-state index contributed by atoms with van der Waals surface area (Å²) >= 11 is 6.96. The summed E-state index contributed by atoms with van der Waals surface area (Å²) in [6, 6.07) is 13.8. The van der Waals surface area contributed by atoms with Gasteiger partial charge >= 0.3 is 12.3 Å². The molecule has 1 saturated heterocycles. The topological polar surface area (TPSA) is 88.9 Å². The number of hydrogen-bond donors (Lipinski definition) is 1. The van der Waals surface area contributed by atoms with Crippen LogP contribution >= 0.6 is 11.6 Å². The second-order valence-electron chi connectivity index (χ2n) is 15.6. The molecule has 0 saturated carbocycles. The number of rotatable bonds is 8. The molecule has 3 heterocycles. The summed E-state index contributed by atoms with van der Waals surface area (Å²) in [5, 5.41) is 3.20. The Hall–Kier alpha value is -4.81. The van der Waals surface area contributed by atoms with Crippen LogP contribution < -0.4 is 10.1 Å². The van der Waals surface area contributed by atoms with Crippen LogP contribution in [-0.4, -0.2) is 63.2 Å². The average Bonchev–Trinajstić information content (AvgIpc) is 3.47. The van der Waals surface area contributed by atoms with Gasteiger partial charge in [0.15, 0.2) is 5.82 Å². The van der Waals surface area contributed by atoms with Gasteiger partial charge in [0.25, 0.3) is 5.91 Å². The molecule has 2 aliphatic heterocycles. The predicted molar refractivity (Wildman–Crippen MR) is 214 cm³/mol. The first-order valence-electron chi connectivity index (χ1n) is 18.9. The summed E-state index contributed by atoms with van der Waals surface area (Å²) in [5.41, 5.74) is 3.89. The lowest BCUT2D eigenvalue weighted by atomic mass is 9.94. The van der Waals surface area contributed by atoms with Crippen LogP contribution in [0.25, 0.3) is 23.3 Å². The van der Waals surface area contributed by atoms with Crippen LogP contribution in [0.1, 0.15) is 96.8 Å². The number of nitrogens with one attached hydrogen (secondary N) is 1. The molecule has 3 aromatic carbocycles. The number of fused-ring (bicyclic) bond motifs is 1. The highest BCUT2D eigenvalue weighted by atomic mass is 35.5. The quantitative estimate of drug-likeness (QED) is 0.179. The van der Waals surface area contributed by atoms with E-state index in [-0.39, 0.29) is 24.0 Å². The van der Waals surface area contributed by atoms with E-state index in [4.69, 9.17) is 21.1 Å². The van der Waals surface area contributed by atoms with Crippen molar-refractivity contribution >= 4 is 41.4 Å². The van der Waals surface area contributed by atoms with Gasteiger partial charge in [-0.1, -0.05) is 60.5 Å². The zero-order valence-electron chi connectivity index (χ0n) is 32.9. The minimum absolute atomic E-state index is 0.00542. The number of aromatic nitrogens is 2. The van der Waals surface area contributed by atoms with Crippen molar-refractivity contribution < 1.29 is 32.2 Å². The minimum Gasteiger partial charge on any atom is -0.496 e. The van der Waals surface area contributed by atoms with Crippen LogP contribution in [0.15, 0.2) is 48.5 Å². The summed E-state index contributed by atoms with van der Waals surface area (Å²) in [6.45, 7) is 11.3. The van der Waals surface area contributed by atoms with Crippen molar-refractivity contribution in [2.75, 3.05) is 25.5 Å². The number of hydrogen-bond acceptors (Lipinski definition) is 6. The van der Waals surface area contributed by atoms with Crippen LogP contribution in [0.4, 0.5) is 23.7 Å². The van der Waals surface area contributed by atoms with Gasteiger partial charge in [-0.05, 0) is 94.5 Å². The Labute approximate surface area is 331 Å². The molecule has 13 heteroatoms. The molecule has 1 atom stereocenters. The Bertz CT molecular complexity index is 2160. The summed E-state index contributed by atoms with van der Waals surface area (Å²) in [6.07, 6.45) is 1.81. The Balaban J connectivity index is 1.24. The predicted octanol–water partition coefficient (Wildman–Crippen LogP) is 10.2. The Kier molecular flexibility index (Phi) is 11.9. The maximum absolute atomic E-state index is 14.5. The number of carbonyl (C=O) groups is 2. The summed E-state index contributed by atoms with van der Waals surface area (Å²) in [7, 11) is 3.25. The van der Waals surface area contributed by atoms with E-state index in [1.165, 1.54) is 25.3 Å². The highest BCUT2D eigenvalue weighted by Gasteiger charge is 2.35. The lowest BCUT2D eigenvalue weighted by molar-refractivity contribution is -0.137. The first-order valence-corrected chi connectivity index (χ1v) is 19.3. The van der Waals surface area contributed by atoms with Gasteiger partial charge in [0, 0.05) is 49.4 Å². The number of benzene rings is 3. The van der Waals surface area contributed by atoms with Crippen LogP contribution in [0.2, 0.25) is 5.02 Å². The molecule has 56 heavy (non-hydrogen) atoms. The maximum Gasteiger partial charge on any atom is 0.417 e. The van der Waals surface area contributed by atoms with Crippen molar-refractivity contribution in [2.45, 2.75) is 91.2 Å². The molecule has 0 unspecified atom stereocenters. The number of alkyl halides is 3. The van der Waals surface area contributed by atoms with E-state index >= 15 is 0 Å². The molecular weight excluding hydrogens is 743 g/mol. The van der Waals surface area contributed by atoms with Crippen molar-refractivity contribution in [2.24, 2.45) is 7.05 Å². The van der Waals surface area contributed by atoms with Gasteiger partial charge in [-0.25, -0.2) is 9.78 Å². The highest BCUT2D eigenvalue weighted by Crippen LogP contribution is 2.40.